The van der Waals surface area contributed by atoms with Crippen LogP contribution in [0.4, 0.5) is 5.69 Å². The van der Waals surface area contributed by atoms with Crippen LogP contribution in [-0.2, 0) is 16.9 Å². The van der Waals surface area contributed by atoms with Crippen molar-refractivity contribution >= 4 is 56.8 Å². The zero-order valence-corrected chi connectivity index (χ0v) is 18.3. The van der Waals surface area contributed by atoms with Gasteiger partial charge in [-0.1, -0.05) is 58.6 Å². The first kappa shape index (κ1) is 20.8. The molecular weight excluding hydrogens is 441 g/mol. The Hall–Kier alpha value is -2.44. The molecule has 30 heavy (non-hydrogen) atoms. The van der Waals surface area contributed by atoms with Crippen LogP contribution in [0.1, 0.15) is 21.7 Å². The topological polar surface area (TPSA) is 79.3 Å². The molecule has 1 unspecified atom stereocenters. The Kier molecular flexibility index (Phi) is 5.80. The van der Waals surface area contributed by atoms with E-state index in [-0.39, 0.29) is 22.0 Å². The number of anilines is 1. The molecule has 0 fully saturated rings. The Balaban J connectivity index is 1.74. The molecule has 4 nitrogen and oxygen atoms in total. The Morgan fingerprint density at radius 2 is 1.83 bits per heavy atom. The Morgan fingerprint density at radius 3 is 2.57 bits per heavy atom. The van der Waals surface area contributed by atoms with Gasteiger partial charge in [0, 0.05) is 21.5 Å². The van der Waals surface area contributed by atoms with Gasteiger partial charge in [0.2, 0.25) is 5.78 Å². The van der Waals surface area contributed by atoms with Gasteiger partial charge in [0.1, 0.15) is 11.3 Å². The fraction of sp³-hybridized carbons (Fsp3) is 0.0870. The Morgan fingerprint density at radius 1 is 1.07 bits per heavy atom. The molecule has 0 radical (unpaired) electrons. The maximum atomic E-state index is 12.9. The van der Waals surface area contributed by atoms with Crippen LogP contribution in [0.3, 0.4) is 0 Å². The highest BCUT2D eigenvalue weighted by Gasteiger charge is 2.22. The predicted octanol–water partition coefficient (Wildman–Crippen LogP) is 6.10. The van der Waals surface area contributed by atoms with Gasteiger partial charge in [-0.05, 0) is 47.5 Å². The second-order valence-electron chi connectivity index (χ2n) is 6.93. The lowest BCUT2D eigenvalue weighted by molar-refractivity contribution is 0.101. The van der Waals surface area contributed by atoms with Gasteiger partial charge >= 0.3 is 0 Å². The van der Waals surface area contributed by atoms with E-state index in [1.165, 1.54) is 6.07 Å². The standard InChI is InChI=1S/C23H17Cl2NO3S/c1-30(28)12-13-3-2-4-14(9-13)15-5-7-18-20(10-15)29-23(21(18)26)22(27)17-8-6-16(24)11-19(17)25/h2-11H,12,26H2,1H3. The number of fused-ring (bicyclic) bond motifs is 1. The number of hydrogen-bond donors (Lipinski definition) is 1. The highest BCUT2D eigenvalue weighted by molar-refractivity contribution is 7.89. The van der Waals surface area contributed by atoms with E-state index in [1.54, 1.807) is 18.4 Å². The molecule has 0 aliphatic rings. The van der Waals surface area contributed by atoms with Gasteiger partial charge in [0.15, 0.2) is 5.76 Å². The van der Waals surface area contributed by atoms with E-state index < -0.39 is 17.0 Å². The molecule has 4 aromatic rings. The molecule has 0 amide bonds. The zero-order valence-electron chi connectivity index (χ0n) is 15.9. The largest absolute Gasteiger partial charge is 0.616 e. The summed E-state index contributed by atoms with van der Waals surface area (Å²) < 4.78 is 17.4. The first-order chi connectivity index (χ1) is 14.3. The number of benzene rings is 3. The fourth-order valence-corrected chi connectivity index (χ4v) is 4.48. The molecule has 152 valence electrons. The summed E-state index contributed by atoms with van der Waals surface area (Å²) in [5.41, 5.74) is 10.1. The summed E-state index contributed by atoms with van der Waals surface area (Å²) in [4.78, 5) is 12.9. The number of furan rings is 1. The van der Waals surface area contributed by atoms with Crippen LogP contribution in [0.2, 0.25) is 10.0 Å². The maximum absolute atomic E-state index is 12.9. The third-order valence-corrected chi connectivity index (χ3v) is 6.03. The normalized spacial score (nSPS) is 12.3. The molecular formula is C23H17Cl2NO3S. The van der Waals surface area contributed by atoms with Crippen molar-refractivity contribution in [1.29, 1.82) is 0 Å². The van der Waals surface area contributed by atoms with Gasteiger partial charge in [-0.15, -0.1) is 0 Å². The summed E-state index contributed by atoms with van der Waals surface area (Å²) in [5.74, 6) is 0.130. The van der Waals surface area contributed by atoms with E-state index in [1.807, 2.05) is 42.5 Å². The summed E-state index contributed by atoms with van der Waals surface area (Å²) in [6.45, 7) is 0. The number of rotatable bonds is 5. The molecule has 1 aromatic heterocycles. The quantitative estimate of drug-likeness (QED) is 0.290. The van der Waals surface area contributed by atoms with Crippen LogP contribution in [0.25, 0.3) is 22.1 Å². The van der Waals surface area contributed by atoms with E-state index in [9.17, 15) is 9.35 Å². The van der Waals surface area contributed by atoms with E-state index >= 15 is 0 Å². The fourth-order valence-electron chi connectivity index (χ4n) is 3.34. The number of ketones is 1. The van der Waals surface area contributed by atoms with Crippen LogP contribution in [0.15, 0.2) is 65.1 Å². The van der Waals surface area contributed by atoms with Gasteiger partial charge in [-0.3, -0.25) is 4.79 Å². The Labute approximate surface area is 186 Å². The molecule has 0 spiro atoms. The summed E-state index contributed by atoms with van der Waals surface area (Å²) in [7, 11) is 0. The van der Waals surface area contributed by atoms with E-state index in [4.69, 9.17) is 33.4 Å². The average Bonchev–Trinajstić information content (AvgIpc) is 3.03. The highest BCUT2D eigenvalue weighted by atomic mass is 35.5. The zero-order chi connectivity index (χ0) is 21.4. The minimum Gasteiger partial charge on any atom is -0.616 e. The average molecular weight is 458 g/mol. The van der Waals surface area contributed by atoms with E-state index in [0.29, 0.717) is 21.7 Å². The van der Waals surface area contributed by atoms with Crippen molar-refractivity contribution in [1.82, 2.24) is 0 Å². The van der Waals surface area contributed by atoms with Crippen LogP contribution in [0, 0.1) is 0 Å². The van der Waals surface area contributed by atoms with Crippen molar-refractivity contribution in [2.24, 2.45) is 0 Å². The van der Waals surface area contributed by atoms with E-state index in [2.05, 4.69) is 0 Å². The third-order valence-electron chi connectivity index (χ3n) is 4.74. The van der Waals surface area contributed by atoms with Crippen LogP contribution < -0.4 is 5.73 Å². The minimum absolute atomic E-state index is 0.0431. The second-order valence-corrected chi connectivity index (χ2v) is 9.21. The molecule has 0 bridgehead atoms. The van der Waals surface area contributed by atoms with E-state index in [0.717, 1.165) is 16.7 Å². The smallest absolute Gasteiger partial charge is 0.231 e. The van der Waals surface area contributed by atoms with Crippen molar-refractivity contribution in [3.8, 4) is 11.1 Å². The van der Waals surface area contributed by atoms with Gasteiger partial charge in [0.05, 0.1) is 17.0 Å². The molecule has 7 heteroatoms. The molecule has 0 aliphatic carbocycles. The number of nitrogens with two attached hydrogens (primary N) is 1. The number of halogens is 2. The van der Waals surface area contributed by atoms with Gasteiger partial charge in [0.25, 0.3) is 0 Å². The molecule has 1 atom stereocenters. The SMILES string of the molecule is C[S+]([O-])Cc1cccc(-c2ccc3c(N)c(C(=O)c4ccc(Cl)cc4Cl)oc3c2)c1. The highest BCUT2D eigenvalue weighted by Crippen LogP contribution is 2.34. The molecule has 1 heterocycles. The summed E-state index contributed by atoms with van der Waals surface area (Å²) in [5, 5.41) is 1.32. The number of carbonyl (C=O) groups excluding carboxylic acids is 1. The molecule has 0 saturated heterocycles. The van der Waals surface area contributed by atoms with Gasteiger partial charge < -0.3 is 14.7 Å². The number of carbonyl (C=O) groups is 1. The molecule has 2 N–H and O–H groups in total. The van der Waals surface area contributed by atoms with Crippen LogP contribution in [-0.4, -0.2) is 16.6 Å². The first-order valence-electron chi connectivity index (χ1n) is 9.04. The number of hydrogen-bond acceptors (Lipinski definition) is 4. The summed E-state index contributed by atoms with van der Waals surface area (Å²) in [6, 6.07) is 18.1. The lowest BCUT2D eigenvalue weighted by Gasteiger charge is -2.07. The minimum atomic E-state index is -0.922. The third kappa shape index (κ3) is 4.07. The first-order valence-corrected chi connectivity index (χ1v) is 11.5. The van der Waals surface area contributed by atoms with Crippen molar-refractivity contribution in [3.05, 3.63) is 87.6 Å². The lowest BCUT2D eigenvalue weighted by Crippen LogP contribution is -2.03. The monoisotopic (exact) mass is 457 g/mol. The molecule has 4 rings (SSSR count). The predicted molar refractivity (Wildman–Crippen MR) is 124 cm³/mol. The van der Waals surface area contributed by atoms with Gasteiger partial charge in [-0.2, -0.15) is 0 Å². The number of nitrogen functional groups attached to an aromatic ring is 1. The van der Waals surface area contributed by atoms with Gasteiger partial charge in [-0.25, -0.2) is 0 Å². The molecule has 3 aromatic carbocycles. The van der Waals surface area contributed by atoms with Crippen molar-refractivity contribution < 1.29 is 13.8 Å². The summed E-state index contributed by atoms with van der Waals surface area (Å²) >= 11 is 11.2. The maximum Gasteiger partial charge on any atom is 0.231 e. The van der Waals surface area contributed by atoms with Crippen molar-refractivity contribution in [3.63, 3.8) is 0 Å². The molecule has 0 aliphatic heterocycles. The Bertz CT molecular complexity index is 1270. The van der Waals surface area contributed by atoms with Crippen LogP contribution >= 0.6 is 23.2 Å². The van der Waals surface area contributed by atoms with Crippen LogP contribution in [0.5, 0.6) is 0 Å². The van der Waals surface area contributed by atoms with Crippen molar-refractivity contribution in [2.75, 3.05) is 12.0 Å². The molecule has 0 saturated carbocycles. The summed E-state index contributed by atoms with van der Waals surface area (Å²) in [6.07, 6.45) is 1.68. The van der Waals surface area contributed by atoms with Crippen molar-refractivity contribution in [2.45, 2.75) is 5.75 Å². The second kappa shape index (κ2) is 8.36. The lowest BCUT2D eigenvalue weighted by atomic mass is 10.0.